The highest BCUT2D eigenvalue weighted by atomic mass is 16.5. The third-order valence-electron chi connectivity index (χ3n) is 7.24. The number of phenols is 1. The van der Waals surface area contributed by atoms with Crippen LogP contribution in [0.1, 0.15) is 36.2 Å². The van der Waals surface area contributed by atoms with Gasteiger partial charge in [0.1, 0.15) is 17.8 Å². The Morgan fingerprint density at radius 2 is 1.62 bits per heavy atom. The van der Waals surface area contributed by atoms with Gasteiger partial charge < -0.3 is 36.2 Å². The molecule has 2 aromatic rings. The minimum absolute atomic E-state index is 0.0440. The van der Waals surface area contributed by atoms with Gasteiger partial charge >= 0.3 is 0 Å². The summed E-state index contributed by atoms with van der Waals surface area (Å²) in [7, 11) is 0. The van der Waals surface area contributed by atoms with Gasteiger partial charge in [0.2, 0.25) is 17.7 Å². The van der Waals surface area contributed by atoms with Gasteiger partial charge in [-0.25, -0.2) is 0 Å². The summed E-state index contributed by atoms with van der Waals surface area (Å²) in [5, 5.41) is 32.2. The van der Waals surface area contributed by atoms with Gasteiger partial charge in [-0.05, 0) is 37.5 Å². The van der Waals surface area contributed by atoms with Crippen molar-refractivity contribution < 1.29 is 34.1 Å². The Kier molecular flexibility index (Phi) is 8.82. The molecule has 2 aliphatic rings. The molecule has 39 heavy (non-hydrogen) atoms. The van der Waals surface area contributed by atoms with Gasteiger partial charge in [-0.3, -0.25) is 19.2 Å². The Balaban J connectivity index is 1.67. The SMILES string of the molecule is CC1NC(=O)C(C2CCO2)NC(=O)C(C)C(O)C(Cc2ccccc2)NC(=O)C1NC(=O)c1ccccc1O. The zero-order valence-corrected chi connectivity index (χ0v) is 21.8. The van der Waals surface area contributed by atoms with Crippen molar-refractivity contribution >= 4 is 23.6 Å². The molecule has 208 valence electrons. The lowest BCUT2D eigenvalue weighted by molar-refractivity contribution is -0.144. The lowest BCUT2D eigenvalue weighted by Crippen LogP contribution is -2.66. The Hall–Kier alpha value is -3.96. The molecule has 2 heterocycles. The van der Waals surface area contributed by atoms with E-state index in [2.05, 4.69) is 21.3 Å². The van der Waals surface area contributed by atoms with Crippen LogP contribution in [0.2, 0.25) is 0 Å². The number of phenolic OH excluding ortho intramolecular Hbond substituents is 1. The summed E-state index contributed by atoms with van der Waals surface area (Å²) in [6.45, 7) is 3.51. The molecule has 2 aliphatic heterocycles. The van der Waals surface area contributed by atoms with Crippen molar-refractivity contribution in [3.05, 3.63) is 65.7 Å². The van der Waals surface area contributed by atoms with Gasteiger partial charge in [0.15, 0.2) is 0 Å². The molecule has 6 N–H and O–H groups in total. The second kappa shape index (κ2) is 12.3. The second-order valence-electron chi connectivity index (χ2n) is 10.0. The summed E-state index contributed by atoms with van der Waals surface area (Å²) in [6.07, 6.45) is -1.11. The molecule has 7 atom stereocenters. The van der Waals surface area contributed by atoms with Crippen LogP contribution >= 0.6 is 0 Å². The van der Waals surface area contributed by atoms with E-state index >= 15 is 0 Å². The normalized spacial score (nSPS) is 29.9. The Morgan fingerprint density at radius 1 is 0.949 bits per heavy atom. The van der Waals surface area contributed by atoms with E-state index in [4.69, 9.17) is 4.74 Å². The van der Waals surface area contributed by atoms with Crippen molar-refractivity contribution in [1.29, 1.82) is 0 Å². The number of ether oxygens (including phenoxy) is 1. The number of rotatable bonds is 5. The first-order valence-corrected chi connectivity index (χ1v) is 13.0. The predicted molar refractivity (Wildman–Crippen MR) is 141 cm³/mol. The monoisotopic (exact) mass is 538 g/mol. The number of hydrogen-bond acceptors (Lipinski definition) is 7. The molecule has 0 aliphatic carbocycles. The summed E-state index contributed by atoms with van der Waals surface area (Å²) in [6, 6.07) is 10.9. The summed E-state index contributed by atoms with van der Waals surface area (Å²) in [5.41, 5.74) is 0.774. The van der Waals surface area contributed by atoms with E-state index in [1.807, 2.05) is 30.3 Å². The average molecular weight is 539 g/mol. The number of para-hydroxylation sites is 1. The van der Waals surface area contributed by atoms with Crippen LogP contribution in [0.4, 0.5) is 0 Å². The lowest BCUT2D eigenvalue weighted by Gasteiger charge is -2.37. The molecular weight excluding hydrogens is 504 g/mol. The largest absolute Gasteiger partial charge is 0.507 e. The zero-order valence-electron chi connectivity index (χ0n) is 21.8. The summed E-state index contributed by atoms with van der Waals surface area (Å²) >= 11 is 0. The van der Waals surface area contributed by atoms with Crippen LogP contribution in [0.25, 0.3) is 0 Å². The minimum Gasteiger partial charge on any atom is -0.507 e. The van der Waals surface area contributed by atoms with Crippen molar-refractivity contribution in [2.24, 2.45) is 5.92 Å². The van der Waals surface area contributed by atoms with E-state index in [0.29, 0.717) is 13.0 Å². The first-order valence-electron chi connectivity index (χ1n) is 13.0. The van der Waals surface area contributed by atoms with Crippen molar-refractivity contribution in [1.82, 2.24) is 21.3 Å². The van der Waals surface area contributed by atoms with E-state index in [-0.39, 0.29) is 17.7 Å². The molecule has 2 saturated heterocycles. The maximum atomic E-state index is 13.6. The Morgan fingerprint density at radius 3 is 2.26 bits per heavy atom. The maximum Gasteiger partial charge on any atom is 0.255 e. The predicted octanol–water partition coefficient (Wildman–Crippen LogP) is 0.00710. The Labute approximate surface area is 226 Å². The Bertz CT molecular complexity index is 1200. The number of aromatic hydroxyl groups is 1. The molecule has 4 amide bonds. The number of carbonyl (C=O) groups excluding carboxylic acids is 4. The van der Waals surface area contributed by atoms with E-state index in [1.165, 1.54) is 19.1 Å². The third kappa shape index (κ3) is 6.55. The fourth-order valence-corrected chi connectivity index (χ4v) is 4.73. The highest BCUT2D eigenvalue weighted by Gasteiger charge is 2.41. The molecule has 11 heteroatoms. The lowest BCUT2D eigenvalue weighted by atomic mass is 9.90. The van der Waals surface area contributed by atoms with Gasteiger partial charge in [-0.1, -0.05) is 49.4 Å². The van der Waals surface area contributed by atoms with Crippen LogP contribution < -0.4 is 21.3 Å². The smallest absolute Gasteiger partial charge is 0.255 e. The van der Waals surface area contributed by atoms with E-state index < -0.39 is 65.9 Å². The fraction of sp³-hybridized carbons (Fsp3) is 0.429. The number of amides is 4. The first kappa shape index (κ1) is 28.1. The molecule has 11 nitrogen and oxygen atoms in total. The molecule has 2 aromatic carbocycles. The molecule has 0 bridgehead atoms. The van der Waals surface area contributed by atoms with Crippen molar-refractivity contribution in [2.75, 3.05) is 6.61 Å². The molecule has 0 radical (unpaired) electrons. The standard InChI is InChI=1S/C28H34N4O7/c1-15-24(34)19(14-17-8-4-3-5-9-17)30-27(37)22(31-26(36)18-10-6-7-11-20(18)33)16(2)29-28(38)23(32-25(15)35)21-12-13-39-21/h3-11,15-16,19,21-24,33-34H,12-14H2,1-2H3,(H,29,38)(H,30,37)(H,31,36)(H,32,35). The summed E-state index contributed by atoms with van der Waals surface area (Å²) in [4.78, 5) is 53.0. The van der Waals surface area contributed by atoms with E-state index in [1.54, 1.807) is 19.1 Å². The highest BCUT2D eigenvalue weighted by Crippen LogP contribution is 2.20. The second-order valence-corrected chi connectivity index (χ2v) is 10.0. The van der Waals surface area contributed by atoms with Gasteiger partial charge in [0.25, 0.3) is 5.91 Å². The van der Waals surface area contributed by atoms with Crippen molar-refractivity contribution in [3.63, 3.8) is 0 Å². The van der Waals surface area contributed by atoms with Crippen LogP contribution in [0, 0.1) is 5.92 Å². The van der Waals surface area contributed by atoms with Crippen molar-refractivity contribution in [2.45, 2.75) is 63.1 Å². The number of nitrogens with one attached hydrogen (secondary N) is 4. The molecule has 0 saturated carbocycles. The van der Waals surface area contributed by atoms with Crippen molar-refractivity contribution in [3.8, 4) is 5.75 Å². The molecule has 7 unspecified atom stereocenters. The topological polar surface area (TPSA) is 166 Å². The molecule has 4 rings (SSSR count). The molecular formula is C28H34N4O7. The summed E-state index contributed by atoms with van der Waals surface area (Å²) in [5.74, 6) is -3.78. The van der Waals surface area contributed by atoms with Gasteiger partial charge in [0, 0.05) is 6.61 Å². The van der Waals surface area contributed by atoms with Crippen LogP contribution in [0.3, 0.4) is 0 Å². The number of carbonyl (C=O) groups is 4. The van der Waals surface area contributed by atoms with E-state index in [0.717, 1.165) is 5.56 Å². The summed E-state index contributed by atoms with van der Waals surface area (Å²) < 4.78 is 5.48. The van der Waals surface area contributed by atoms with Crippen LogP contribution in [0.5, 0.6) is 5.75 Å². The molecule has 0 aromatic heterocycles. The van der Waals surface area contributed by atoms with Gasteiger partial charge in [-0.2, -0.15) is 0 Å². The van der Waals surface area contributed by atoms with Gasteiger partial charge in [-0.15, -0.1) is 0 Å². The quantitative estimate of drug-likeness (QED) is 0.312. The van der Waals surface area contributed by atoms with Gasteiger partial charge in [0.05, 0.1) is 35.8 Å². The first-order chi connectivity index (χ1) is 18.7. The van der Waals surface area contributed by atoms with Crippen LogP contribution in [0.15, 0.2) is 54.6 Å². The zero-order chi connectivity index (χ0) is 28.1. The number of hydrogen-bond donors (Lipinski definition) is 6. The molecule has 2 fully saturated rings. The number of aliphatic hydroxyl groups is 1. The fourth-order valence-electron chi connectivity index (χ4n) is 4.73. The molecule has 0 spiro atoms. The van der Waals surface area contributed by atoms with Crippen LogP contribution in [-0.4, -0.2) is 76.8 Å². The average Bonchev–Trinajstić information content (AvgIpc) is 2.89. The maximum absolute atomic E-state index is 13.6. The van der Waals surface area contributed by atoms with E-state index in [9.17, 15) is 29.4 Å². The highest BCUT2D eigenvalue weighted by molar-refractivity contribution is 6.00. The number of aliphatic hydroxyl groups excluding tert-OH is 1. The third-order valence-corrected chi connectivity index (χ3v) is 7.24. The minimum atomic E-state index is -1.32. The number of benzene rings is 2. The van der Waals surface area contributed by atoms with Crippen LogP contribution in [-0.2, 0) is 25.5 Å².